The van der Waals surface area contributed by atoms with Gasteiger partial charge in [0.25, 0.3) is 0 Å². The highest BCUT2D eigenvalue weighted by molar-refractivity contribution is 6.30. The fraction of sp³-hybridized carbons (Fsp3) is 0.0741. The highest BCUT2D eigenvalue weighted by Crippen LogP contribution is 2.32. The molecule has 0 bridgehead atoms. The van der Waals surface area contributed by atoms with E-state index in [0.717, 1.165) is 39.5 Å². The molecule has 0 N–H and O–H groups in total. The lowest BCUT2D eigenvalue weighted by molar-refractivity contribution is -0.462. The van der Waals surface area contributed by atoms with E-state index >= 15 is 0 Å². The first-order chi connectivity index (χ1) is 15.0. The highest BCUT2D eigenvalue weighted by Gasteiger charge is 2.14. The third kappa shape index (κ3) is 5.35. The Morgan fingerprint density at radius 3 is 1.87 bits per heavy atom. The summed E-state index contributed by atoms with van der Waals surface area (Å²) in [5.41, 5.74) is 5.35. The molecule has 1 heterocycles. The van der Waals surface area contributed by atoms with E-state index in [0.29, 0.717) is 10.0 Å². The van der Waals surface area contributed by atoms with Gasteiger partial charge < -0.3 is 4.74 Å². The summed E-state index contributed by atoms with van der Waals surface area (Å²) in [6.45, 7) is 0. The summed E-state index contributed by atoms with van der Waals surface area (Å²) in [6.07, 6.45) is 16.5. The van der Waals surface area contributed by atoms with Crippen LogP contribution in [0.15, 0.2) is 108 Å². The van der Waals surface area contributed by atoms with E-state index < -0.39 is 0 Å². The largest absolute Gasteiger partial charge is 0.457 e. The molecule has 0 spiro atoms. The molecule has 31 heavy (non-hydrogen) atoms. The summed E-state index contributed by atoms with van der Waals surface area (Å²) >= 11 is 12.1. The van der Waals surface area contributed by atoms with Gasteiger partial charge in [0.2, 0.25) is 0 Å². The van der Waals surface area contributed by atoms with Crippen LogP contribution < -0.4 is 0 Å². The number of hydrogen-bond acceptors (Lipinski definition) is 1. The van der Waals surface area contributed by atoms with Crippen LogP contribution in [0.4, 0.5) is 0 Å². The number of allylic oxidation sites excluding steroid dienone is 10. The second kappa shape index (κ2) is 9.38. The molecule has 2 aromatic rings. The molecule has 0 unspecified atom stereocenters. The molecule has 2 aromatic carbocycles. The van der Waals surface area contributed by atoms with Crippen molar-refractivity contribution in [2.75, 3.05) is 14.1 Å². The third-order valence-electron chi connectivity index (χ3n) is 4.97. The number of ether oxygens (including phenoxy) is 1. The highest BCUT2D eigenvalue weighted by atomic mass is 35.5. The summed E-state index contributed by atoms with van der Waals surface area (Å²) in [4.78, 5) is 0. The van der Waals surface area contributed by atoms with Gasteiger partial charge in [-0.1, -0.05) is 41.4 Å². The molecule has 0 radical (unpaired) electrons. The molecule has 0 atom stereocenters. The average Bonchev–Trinajstić information content (AvgIpc) is 2.79. The van der Waals surface area contributed by atoms with Gasteiger partial charge in [0, 0.05) is 27.8 Å². The van der Waals surface area contributed by atoms with Crippen LogP contribution in [0, 0.1) is 0 Å². The second-order valence-corrected chi connectivity index (χ2v) is 8.32. The van der Waals surface area contributed by atoms with Gasteiger partial charge in [-0.2, -0.15) is 0 Å². The minimum atomic E-state index is 0.693. The molecule has 0 fully saturated rings. The van der Waals surface area contributed by atoms with E-state index in [-0.39, 0.29) is 0 Å². The van der Waals surface area contributed by atoms with Crippen LogP contribution >= 0.6 is 23.2 Å². The van der Waals surface area contributed by atoms with Gasteiger partial charge in [0.1, 0.15) is 25.6 Å². The Morgan fingerprint density at radius 2 is 1.29 bits per heavy atom. The Balaban J connectivity index is 1.69. The molecule has 1 aliphatic carbocycles. The number of benzene rings is 2. The normalized spacial score (nSPS) is 16.7. The van der Waals surface area contributed by atoms with Crippen molar-refractivity contribution in [2.24, 2.45) is 0 Å². The lowest BCUT2D eigenvalue weighted by atomic mass is 10.0. The van der Waals surface area contributed by atoms with Gasteiger partial charge in [-0.05, 0) is 83.5 Å². The molecular weight excluding hydrogens is 425 g/mol. The zero-order chi connectivity index (χ0) is 21.8. The van der Waals surface area contributed by atoms with Crippen molar-refractivity contribution >= 4 is 40.2 Å². The number of nitrogens with zero attached hydrogens (tertiary/aromatic N) is 1. The van der Waals surface area contributed by atoms with Gasteiger partial charge in [-0.3, -0.25) is 0 Å². The fourth-order valence-electron chi connectivity index (χ4n) is 3.23. The molecule has 1 aliphatic heterocycles. The van der Waals surface area contributed by atoms with Gasteiger partial charge in [-0.25, -0.2) is 4.58 Å². The van der Waals surface area contributed by atoms with E-state index in [1.807, 2.05) is 80.9 Å². The summed E-state index contributed by atoms with van der Waals surface area (Å²) in [6, 6.07) is 15.5. The molecule has 4 heteroatoms. The molecular formula is C27H22Cl2NO+. The maximum absolute atomic E-state index is 6.21. The van der Waals surface area contributed by atoms with Crippen molar-refractivity contribution in [3.63, 3.8) is 0 Å². The van der Waals surface area contributed by atoms with E-state index in [1.165, 1.54) is 0 Å². The van der Waals surface area contributed by atoms with Crippen molar-refractivity contribution in [3.8, 4) is 0 Å². The molecule has 0 saturated heterocycles. The summed E-state index contributed by atoms with van der Waals surface area (Å²) in [7, 11) is 4.06. The minimum Gasteiger partial charge on any atom is -0.457 e. The predicted molar refractivity (Wildman–Crippen MR) is 132 cm³/mol. The third-order valence-corrected chi connectivity index (χ3v) is 5.47. The van der Waals surface area contributed by atoms with E-state index in [2.05, 4.69) is 35.0 Å². The van der Waals surface area contributed by atoms with Crippen molar-refractivity contribution in [2.45, 2.75) is 0 Å². The smallest absolute Gasteiger partial charge is 0.199 e. The molecule has 2 aliphatic rings. The quantitative estimate of drug-likeness (QED) is 0.457. The number of hydrogen-bond donors (Lipinski definition) is 0. The van der Waals surface area contributed by atoms with Crippen molar-refractivity contribution in [1.82, 2.24) is 0 Å². The van der Waals surface area contributed by atoms with Crippen LogP contribution in [-0.4, -0.2) is 24.4 Å². The van der Waals surface area contributed by atoms with Crippen LogP contribution in [0.5, 0.6) is 0 Å². The van der Waals surface area contributed by atoms with Crippen molar-refractivity contribution in [3.05, 3.63) is 130 Å². The molecule has 0 amide bonds. The van der Waals surface area contributed by atoms with Crippen LogP contribution in [0.25, 0.3) is 11.3 Å². The van der Waals surface area contributed by atoms with Gasteiger partial charge in [0.15, 0.2) is 5.71 Å². The molecule has 154 valence electrons. The van der Waals surface area contributed by atoms with Gasteiger partial charge >= 0.3 is 0 Å². The average molecular weight is 447 g/mol. The lowest BCUT2D eigenvalue weighted by Gasteiger charge is -2.18. The Bertz CT molecular complexity index is 1180. The van der Waals surface area contributed by atoms with Crippen LogP contribution in [0.1, 0.15) is 11.1 Å². The maximum Gasteiger partial charge on any atom is 0.199 e. The second-order valence-electron chi connectivity index (χ2n) is 7.45. The van der Waals surface area contributed by atoms with Crippen LogP contribution in [-0.2, 0) is 4.74 Å². The summed E-state index contributed by atoms with van der Waals surface area (Å²) in [5, 5.41) is 1.41. The predicted octanol–water partition coefficient (Wildman–Crippen LogP) is 7.10. The molecule has 2 nitrogen and oxygen atoms in total. The van der Waals surface area contributed by atoms with E-state index in [9.17, 15) is 0 Å². The Morgan fingerprint density at radius 1 is 0.710 bits per heavy atom. The first-order valence-corrected chi connectivity index (χ1v) is 10.7. The fourth-order valence-corrected chi connectivity index (χ4v) is 3.48. The Kier molecular flexibility index (Phi) is 6.41. The maximum atomic E-state index is 6.21. The van der Waals surface area contributed by atoms with Crippen LogP contribution in [0.3, 0.4) is 0 Å². The number of halogens is 2. The zero-order valence-corrected chi connectivity index (χ0v) is 18.9. The van der Waals surface area contributed by atoms with E-state index in [4.69, 9.17) is 27.9 Å². The topological polar surface area (TPSA) is 12.2 Å². The molecule has 0 aromatic heterocycles. The summed E-state index contributed by atoms with van der Waals surface area (Å²) < 4.78 is 8.29. The van der Waals surface area contributed by atoms with Crippen molar-refractivity contribution in [1.29, 1.82) is 0 Å². The zero-order valence-electron chi connectivity index (χ0n) is 17.3. The Labute approximate surface area is 193 Å². The molecule has 0 saturated carbocycles. The monoisotopic (exact) mass is 446 g/mol. The van der Waals surface area contributed by atoms with E-state index in [1.54, 1.807) is 0 Å². The Hall–Kier alpha value is -3.07. The SMILES string of the molecule is C[N+](C)=C1C=CC(=C/C=C2\C=C(c3ccc(Cl)cc3)C=C(c3ccc(Cl)cc3)O2)C=C1. The number of rotatable bonds is 3. The standard InChI is InChI=1S/C27H22Cl2NO/c1-30(2)25-14-3-19(4-15-25)5-16-26-17-22(20-6-10-23(28)11-7-20)18-27(31-26)21-8-12-24(29)13-9-21/h3-18H,1-2H3/q+1/b26-16+. The van der Waals surface area contributed by atoms with Gasteiger partial charge in [0.05, 0.1) is 0 Å². The first-order valence-electron chi connectivity index (χ1n) is 9.93. The molecule has 4 rings (SSSR count). The summed E-state index contributed by atoms with van der Waals surface area (Å²) in [5.74, 6) is 1.53. The first kappa shape index (κ1) is 21.2. The minimum absolute atomic E-state index is 0.693. The van der Waals surface area contributed by atoms with Crippen molar-refractivity contribution < 1.29 is 9.31 Å². The van der Waals surface area contributed by atoms with Gasteiger partial charge in [-0.15, -0.1) is 0 Å². The lowest BCUT2D eigenvalue weighted by Crippen LogP contribution is -2.09. The van der Waals surface area contributed by atoms with Crippen LogP contribution in [0.2, 0.25) is 10.0 Å².